The number of fused-ring (bicyclic) bond motifs is 1. The monoisotopic (exact) mass is 475 g/mol. The second kappa shape index (κ2) is 9.54. The van der Waals surface area contributed by atoms with Crippen molar-refractivity contribution in [3.8, 4) is 5.75 Å². The van der Waals surface area contributed by atoms with Crippen LogP contribution in [0.4, 0.5) is 5.69 Å². The standard InChI is InChI=1S/C27H29N3O5/c1-18-3-8-23-19(15-26(32)35-24(23)13-18)16-28-9-11-29(12-10-28)27(33)20-14-25(31)30(17-20)21-4-6-22(34-2)7-5-21/h3-8,13,15,20H,9-12,14,16-17H2,1-2H3/t20-/m1/s1. The molecule has 0 radical (unpaired) electrons. The number of anilines is 1. The van der Waals surface area contributed by atoms with E-state index in [0.29, 0.717) is 44.9 Å². The Morgan fingerprint density at radius 2 is 1.77 bits per heavy atom. The van der Waals surface area contributed by atoms with E-state index in [0.717, 1.165) is 28.0 Å². The maximum atomic E-state index is 13.2. The predicted molar refractivity (Wildman–Crippen MR) is 133 cm³/mol. The molecule has 182 valence electrons. The van der Waals surface area contributed by atoms with Crippen molar-refractivity contribution in [2.45, 2.75) is 19.9 Å². The van der Waals surface area contributed by atoms with E-state index in [4.69, 9.17) is 9.15 Å². The van der Waals surface area contributed by atoms with Gasteiger partial charge in [0.15, 0.2) is 0 Å². The van der Waals surface area contributed by atoms with E-state index in [1.165, 1.54) is 0 Å². The lowest BCUT2D eigenvalue weighted by Gasteiger charge is -2.36. The first kappa shape index (κ1) is 23.1. The zero-order valence-electron chi connectivity index (χ0n) is 20.0. The number of piperazine rings is 1. The van der Waals surface area contributed by atoms with Crippen molar-refractivity contribution in [2.24, 2.45) is 5.92 Å². The fourth-order valence-electron chi connectivity index (χ4n) is 4.98. The summed E-state index contributed by atoms with van der Waals surface area (Å²) in [7, 11) is 1.60. The molecular formula is C27H29N3O5. The van der Waals surface area contributed by atoms with Crippen molar-refractivity contribution < 1.29 is 18.7 Å². The van der Waals surface area contributed by atoms with Crippen LogP contribution in [-0.4, -0.2) is 61.4 Å². The number of carbonyl (C=O) groups is 2. The second-order valence-electron chi connectivity index (χ2n) is 9.30. The van der Waals surface area contributed by atoms with Crippen molar-refractivity contribution in [1.29, 1.82) is 0 Å². The molecule has 35 heavy (non-hydrogen) atoms. The molecule has 5 rings (SSSR count). The number of amides is 2. The third-order valence-corrected chi connectivity index (χ3v) is 6.92. The van der Waals surface area contributed by atoms with Gasteiger partial charge in [0, 0.05) is 62.8 Å². The Morgan fingerprint density at radius 1 is 1.03 bits per heavy atom. The number of hydrogen-bond donors (Lipinski definition) is 0. The summed E-state index contributed by atoms with van der Waals surface area (Å²) in [6.07, 6.45) is 0.232. The molecule has 8 nitrogen and oxygen atoms in total. The highest BCUT2D eigenvalue weighted by Gasteiger charge is 2.38. The van der Waals surface area contributed by atoms with Gasteiger partial charge in [-0.05, 0) is 48.4 Å². The lowest BCUT2D eigenvalue weighted by molar-refractivity contribution is -0.137. The number of rotatable bonds is 5. The van der Waals surface area contributed by atoms with E-state index in [1.54, 1.807) is 18.1 Å². The summed E-state index contributed by atoms with van der Waals surface area (Å²) >= 11 is 0. The minimum atomic E-state index is -0.348. The van der Waals surface area contributed by atoms with Crippen molar-refractivity contribution in [3.05, 3.63) is 70.1 Å². The molecule has 0 aliphatic carbocycles. The predicted octanol–water partition coefficient (Wildman–Crippen LogP) is 2.81. The van der Waals surface area contributed by atoms with Crippen LogP contribution in [-0.2, 0) is 16.1 Å². The van der Waals surface area contributed by atoms with E-state index in [-0.39, 0.29) is 29.8 Å². The van der Waals surface area contributed by atoms with Crippen molar-refractivity contribution in [1.82, 2.24) is 9.80 Å². The Labute approximate surface area is 203 Å². The number of hydrogen-bond acceptors (Lipinski definition) is 6. The Kier molecular flexibility index (Phi) is 6.30. The summed E-state index contributed by atoms with van der Waals surface area (Å²) in [4.78, 5) is 43.7. The molecule has 3 heterocycles. The van der Waals surface area contributed by atoms with Crippen LogP contribution in [0.3, 0.4) is 0 Å². The third-order valence-electron chi connectivity index (χ3n) is 6.92. The summed E-state index contributed by atoms with van der Waals surface area (Å²) in [6, 6.07) is 14.8. The van der Waals surface area contributed by atoms with Crippen molar-refractivity contribution in [3.63, 3.8) is 0 Å². The highest BCUT2D eigenvalue weighted by Crippen LogP contribution is 2.28. The molecule has 2 fully saturated rings. The van der Waals surface area contributed by atoms with Gasteiger partial charge >= 0.3 is 5.63 Å². The average molecular weight is 476 g/mol. The number of aryl methyl sites for hydroxylation is 1. The molecular weight excluding hydrogens is 446 g/mol. The SMILES string of the molecule is COc1ccc(N2C[C@H](C(=O)N3CCN(Cc4cc(=O)oc5cc(C)ccc45)CC3)CC2=O)cc1. The Bertz CT molecular complexity index is 1310. The van der Waals surface area contributed by atoms with Gasteiger partial charge in [-0.2, -0.15) is 0 Å². The number of nitrogens with zero attached hydrogens (tertiary/aromatic N) is 3. The Balaban J connectivity index is 1.20. The molecule has 1 atom stereocenters. The fraction of sp³-hybridized carbons (Fsp3) is 0.370. The summed E-state index contributed by atoms with van der Waals surface area (Å²) < 4.78 is 10.6. The first-order valence-corrected chi connectivity index (χ1v) is 11.9. The molecule has 2 aliphatic heterocycles. The van der Waals surface area contributed by atoms with E-state index in [1.807, 2.05) is 54.3 Å². The zero-order valence-corrected chi connectivity index (χ0v) is 20.0. The molecule has 3 aromatic rings. The molecule has 2 saturated heterocycles. The van der Waals surface area contributed by atoms with Crippen molar-refractivity contribution >= 4 is 28.5 Å². The van der Waals surface area contributed by atoms with Gasteiger partial charge in [0.1, 0.15) is 11.3 Å². The first-order valence-electron chi connectivity index (χ1n) is 11.9. The number of methoxy groups -OCH3 is 1. The van der Waals surface area contributed by atoms with Gasteiger partial charge in [0.05, 0.1) is 13.0 Å². The van der Waals surface area contributed by atoms with Crippen LogP contribution in [0.5, 0.6) is 5.75 Å². The molecule has 0 N–H and O–H groups in total. The summed E-state index contributed by atoms with van der Waals surface area (Å²) in [5, 5.41) is 0.941. The van der Waals surface area contributed by atoms with Crippen LogP contribution in [0.2, 0.25) is 0 Å². The maximum Gasteiger partial charge on any atom is 0.336 e. The molecule has 0 saturated carbocycles. The fourth-order valence-corrected chi connectivity index (χ4v) is 4.98. The van der Waals surface area contributed by atoms with Gasteiger partial charge in [-0.25, -0.2) is 4.79 Å². The highest BCUT2D eigenvalue weighted by molar-refractivity contribution is 6.00. The Morgan fingerprint density at radius 3 is 2.49 bits per heavy atom. The third kappa shape index (κ3) is 4.79. The van der Waals surface area contributed by atoms with Gasteiger partial charge in [-0.3, -0.25) is 14.5 Å². The zero-order chi connectivity index (χ0) is 24.5. The normalized spacial score (nSPS) is 18.9. The number of carbonyl (C=O) groups excluding carboxylic acids is 2. The Hall–Kier alpha value is -3.65. The van der Waals surface area contributed by atoms with Crippen LogP contribution >= 0.6 is 0 Å². The molecule has 2 aromatic carbocycles. The highest BCUT2D eigenvalue weighted by atomic mass is 16.5. The smallest absolute Gasteiger partial charge is 0.336 e. The molecule has 1 aromatic heterocycles. The number of benzene rings is 2. The van der Waals surface area contributed by atoms with Gasteiger partial charge in [-0.1, -0.05) is 12.1 Å². The van der Waals surface area contributed by atoms with E-state index < -0.39 is 0 Å². The molecule has 0 spiro atoms. The quantitative estimate of drug-likeness (QED) is 0.528. The van der Waals surface area contributed by atoms with Crippen LogP contribution in [0.15, 0.2) is 57.7 Å². The minimum absolute atomic E-state index is 0.0304. The maximum absolute atomic E-state index is 13.2. The summed E-state index contributed by atoms with van der Waals surface area (Å²) in [5.41, 5.74) is 3.02. The molecule has 8 heteroatoms. The largest absolute Gasteiger partial charge is 0.497 e. The second-order valence-corrected chi connectivity index (χ2v) is 9.30. The van der Waals surface area contributed by atoms with Crippen LogP contribution in [0, 0.1) is 12.8 Å². The summed E-state index contributed by atoms with van der Waals surface area (Å²) in [5.74, 6) is 0.403. The van der Waals surface area contributed by atoms with Crippen LogP contribution < -0.4 is 15.3 Å². The minimum Gasteiger partial charge on any atom is -0.497 e. The van der Waals surface area contributed by atoms with Gasteiger partial charge in [0.25, 0.3) is 0 Å². The van der Waals surface area contributed by atoms with Gasteiger partial charge in [-0.15, -0.1) is 0 Å². The lowest BCUT2D eigenvalue weighted by Crippen LogP contribution is -2.50. The molecule has 0 bridgehead atoms. The van der Waals surface area contributed by atoms with Crippen molar-refractivity contribution in [2.75, 3.05) is 44.7 Å². The molecule has 2 amide bonds. The molecule has 2 aliphatic rings. The summed E-state index contributed by atoms with van der Waals surface area (Å²) in [6.45, 7) is 5.62. The average Bonchev–Trinajstić information content (AvgIpc) is 3.25. The molecule has 0 unspecified atom stereocenters. The first-order chi connectivity index (χ1) is 16.9. The van der Waals surface area contributed by atoms with E-state index in [2.05, 4.69) is 4.90 Å². The topological polar surface area (TPSA) is 83.3 Å². The van der Waals surface area contributed by atoms with E-state index >= 15 is 0 Å². The number of ether oxygens (including phenoxy) is 1. The van der Waals surface area contributed by atoms with Gasteiger partial charge < -0.3 is 19.0 Å². The van der Waals surface area contributed by atoms with E-state index in [9.17, 15) is 14.4 Å². The lowest BCUT2D eigenvalue weighted by atomic mass is 10.1. The van der Waals surface area contributed by atoms with Gasteiger partial charge in [0.2, 0.25) is 11.8 Å². The van der Waals surface area contributed by atoms with Crippen LogP contribution in [0.1, 0.15) is 17.5 Å². The van der Waals surface area contributed by atoms with Crippen LogP contribution in [0.25, 0.3) is 11.0 Å².